The molecular formula is C20H17N3OS2. The summed E-state index contributed by atoms with van der Waals surface area (Å²) in [5.41, 5.74) is 2.17. The molecule has 0 radical (unpaired) electrons. The Balaban J connectivity index is 1.26. The van der Waals surface area contributed by atoms with Crippen LogP contribution in [0.3, 0.4) is 0 Å². The molecule has 0 saturated carbocycles. The van der Waals surface area contributed by atoms with Crippen LogP contribution in [0.4, 0.5) is 4.79 Å². The third-order valence-electron chi connectivity index (χ3n) is 4.02. The number of carbonyl (C=O) groups is 1. The van der Waals surface area contributed by atoms with Gasteiger partial charge in [-0.1, -0.05) is 54.6 Å². The van der Waals surface area contributed by atoms with Crippen LogP contribution in [0.5, 0.6) is 0 Å². The van der Waals surface area contributed by atoms with E-state index in [-0.39, 0.29) is 6.03 Å². The van der Waals surface area contributed by atoms with Gasteiger partial charge in [0.2, 0.25) is 0 Å². The molecule has 0 unspecified atom stereocenters. The first-order valence-corrected chi connectivity index (χ1v) is 9.95. The number of amides is 2. The molecular weight excluding hydrogens is 362 g/mol. The van der Waals surface area contributed by atoms with Gasteiger partial charge >= 0.3 is 6.03 Å². The average molecular weight is 380 g/mol. The van der Waals surface area contributed by atoms with Crippen molar-refractivity contribution in [2.45, 2.75) is 10.8 Å². The number of hydrogen-bond acceptors (Lipinski definition) is 4. The van der Waals surface area contributed by atoms with E-state index in [1.165, 1.54) is 28.3 Å². The van der Waals surface area contributed by atoms with Gasteiger partial charge in [0.15, 0.2) is 4.34 Å². The van der Waals surface area contributed by atoms with Gasteiger partial charge in [0, 0.05) is 18.5 Å². The van der Waals surface area contributed by atoms with Crippen molar-refractivity contribution in [1.29, 1.82) is 0 Å². The lowest BCUT2D eigenvalue weighted by Crippen LogP contribution is -2.32. The molecule has 1 aromatic heterocycles. The van der Waals surface area contributed by atoms with E-state index in [9.17, 15) is 4.79 Å². The number of hydrogen-bond donors (Lipinski definition) is 2. The Morgan fingerprint density at radius 3 is 2.69 bits per heavy atom. The second-order valence-electron chi connectivity index (χ2n) is 5.84. The molecule has 4 nitrogen and oxygen atoms in total. The molecule has 1 heterocycles. The van der Waals surface area contributed by atoms with Gasteiger partial charge in [-0.15, -0.1) is 11.3 Å². The highest BCUT2D eigenvalue weighted by molar-refractivity contribution is 7.99. The third-order valence-corrected chi connectivity index (χ3v) is 5.90. The second-order valence-corrected chi connectivity index (χ2v) is 7.92. The smallest absolute Gasteiger partial charge is 0.325 e. The topological polar surface area (TPSA) is 54.0 Å². The van der Waals surface area contributed by atoms with E-state index in [0.29, 0.717) is 6.54 Å². The van der Waals surface area contributed by atoms with Crippen LogP contribution in [-0.4, -0.2) is 17.6 Å². The van der Waals surface area contributed by atoms with E-state index in [0.717, 1.165) is 21.0 Å². The van der Waals surface area contributed by atoms with E-state index < -0.39 is 0 Å². The number of rotatable bonds is 5. The first-order valence-electron chi connectivity index (χ1n) is 8.32. The standard InChI is InChI=1S/C20H17N3OS2/c24-19(23-26-20-22-17-7-3-4-8-18(17)25-20)21-12-11-14-9-10-15-5-1-2-6-16(15)13-14/h1-10,13H,11-12H2,(H2,21,23,24). The Labute approximate surface area is 159 Å². The van der Waals surface area contributed by atoms with E-state index >= 15 is 0 Å². The van der Waals surface area contributed by atoms with Gasteiger partial charge in [0.1, 0.15) is 0 Å². The van der Waals surface area contributed by atoms with Crippen molar-refractivity contribution in [2.75, 3.05) is 6.54 Å². The van der Waals surface area contributed by atoms with E-state index in [4.69, 9.17) is 0 Å². The number of nitrogens with one attached hydrogen (secondary N) is 2. The lowest BCUT2D eigenvalue weighted by atomic mass is 10.1. The van der Waals surface area contributed by atoms with Crippen molar-refractivity contribution < 1.29 is 4.79 Å². The Morgan fingerprint density at radius 1 is 1.00 bits per heavy atom. The predicted molar refractivity (Wildman–Crippen MR) is 110 cm³/mol. The van der Waals surface area contributed by atoms with Crippen LogP contribution >= 0.6 is 23.3 Å². The lowest BCUT2D eigenvalue weighted by molar-refractivity contribution is 0.246. The molecule has 130 valence electrons. The number of benzene rings is 3. The molecule has 6 heteroatoms. The highest BCUT2D eigenvalue weighted by atomic mass is 32.2. The number of fused-ring (bicyclic) bond motifs is 2. The number of aromatic nitrogens is 1. The van der Waals surface area contributed by atoms with Crippen LogP contribution in [0.1, 0.15) is 5.56 Å². The van der Waals surface area contributed by atoms with Crippen LogP contribution < -0.4 is 10.0 Å². The molecule has 0 fully saturated rings. The molecule has 2 amide bonds. The number of thiazole rings is 1. The summed E-state index contributed by atoms with van der Waals surface area (Å²) in [4.78, 5) is 16.4. The zero-order valence-electron chi connectivity index (χ0n) is 13.9. The van der Waals surface area contributed by atoms with Gasteiger partial charge in [-0.25, -0.2) is 9.78 Å². The average Bonchev–Trinajstić information content (AvgIpc) is 3.09. The first kappa shape index (κ1) is 16.9. The lowest BCUT2D eigenvalue weighted by Gasteiger charge is -2.07. The summed E-state index contributed by atoms with van der Waals surface area (Å²) in [7, 11) is 0. The molecule has 0 aliphatic carbocycles. The van der Waals surface area contributed by atoms with Gasteiger partial charge in [0.05, 0.1) is 10.2 Å². The van der Waals surface area contributed by atoms with Crippen molar-refractivity contribution >= 4 is 50.3 Å². The Bertz CT molecular complexity index is 1030. The summed E-state index contributed by atoms with van der Waals surface area (Å²) in [5, 5.41) is 5.34. The zero-order chi connectivity index (χ0) is 17.8. The molecule has 0 saturated heterocycles. The number of carbonyl (C=O) groups excluding carboxylic acids is 1. The molecule has 4 rings (SSSR count). The maximum atomic E-state index is 12.0. The van der Waals surface area contributed by atoms with Crippen molar-refractivity contribution in [3.05, 3.63) is 72.3 Å². The number of nitrogens with zero attached hydrogens (tertiary/aromatic N) is 1. The Hall–Kier alpha value is -2.57. The van der Waals surface area contributed by atoms with Gasteiger partial charge in [-0.2, -0.15) is 0 Å². The monoisotopic (exact) mass is 379 g/mol. The molecule has 0 atom stereocenters. The number of urea groups is 1. The van der Waals surface area contributed by atoms with Gasteiger partial charge in [-0.3, -0.25) is 4.72 Å². The van der Waals surface area contributed by atoms with Gasteiger partial charge in [0.25, 0.3) is 0 Å². The highest BCUT2D eigenvalue weighted by Crippen LogP contribution is 2.27. The molecule has 26 heavy (non-hydrogen) atoms. The normalized spacial score (nSPS) is 10.9. The maximum Gasteiger partial charge on any atom is 0.325 e. The van der Waals surface area contributed by atoms with E-state index in [2.05, 4.69) is 45.4 Å². The minimum atomic E-state index is -0.199. The van der Waals surface area contributed by atoms with Crippen LogP contribution in [0.2, 0.25) is 0 Å². The summed E-state index contributed by atoms with van der Waals surface area (Å²) in [6.07, 6.45) is 0.796. The molecule has 4 aromatic rings. The summed E-state index contributed by atoms with van der Waals surface area (Å²) >= 11 is 2.82. The predicted octanol–water partition coefficient (Wildman–Crippen LogP) is 5.00. The van der Waals surface area contributed by atoms with Crippen LogP contribution in [0.15, 0.2) is 71.1 Å². The Morgan fingerprint density at radius 2 is 1.81 bits per heavy atom. The number of para-hydroxylation sites is 1. The van der Waals surface area contributed by atoms with Crippen molar-refractivity contribution in [3.63, 3.8) is 0 Å². The first-order chi connectivity index (χ1) is 12.8. The highest BCUT2D eigenvalue weighted by Gasteiger charge is 2.06. The second kappa shape index (κ2) is 7.76. The fourth-order valence-electron chi connectivity index (χ4n) is 2.74. The molecule has 0 aliphatic rings. The molecule has 0 spiro atoms. The van der Waals surface area contributed by atoms with Crippen molar-refractivity contribution in [3.8, 4) is 0 Å². The summed E-state index contributed by atoms with van der Waals surface area (Å²) in [5.74, 6) is 0. The molecule has 3 aromatic carbocycles. The fourth-order valence-corrected chi connectivity index (χ4v) is 4.39. The van der Waals surface area contributed by atoms with Crippen LogP contribution in [-0.2, 0) is 6.42 Å². The van der Waals surface area contributed by atoms with Gasteiger partial charge in [-0.05, 0) is 34.9 Å². The summed E-state index contributed by atoms with van der Waals surface area (Å²) < 4.78 is 4.74. The van der Waals surface area contributed by atoms with Crippen molar-refractivity contribution in [2.24, 2.45) is 0 Å². The van der Waals surface area contributed by atoms with E-state index in [1.807, 2.05) is 36.4 Å². The van der Waals surface area contributed by atoms with Crippen molar-refractivity contribution in [1.82, 2.24) is 15.0 Å². The SMILES string of the molecule is O=C(NCCc1ccc2ccccc2c1)NSc1nc2ccccc2s1. The third kappa shape index (κ3) is 3.98. The maximum absolute atomic E-state index is 12.0. The van der Waals surface area contributed by atoms with Crippen LogP contribution in [0, 0.1) is 0 Å². The molecule has 2 N–H and O–H groups in total. The Kier molecular flexibility index (Phi) is 5.04. The minimum Gasteiger partial charge on any atom is -0.337 e. The summed E-state index contributed by atoms with van der Waals surface area (Å²) in [6, 6.07) is 22.4. The minimum absolute atomic E-state index is 0.199. The zero-order valence-corrected chi connectivity index (χ0v) is 15.6. The molecule has 0 bridgehead atoms. The summed E-state index contributed by atoms with van der Waals surface area (Å²) in [6.45, 7) is 0.588. The van der Waals surface area contributed by atoms with Crippen LogP contribution in [0.25, 0.3) is 21.0 Å². The fraction of sp³-hybridized carbons (Fsp3) is 0.100. The van der Waals surface area contributed by atoms with E-state index in [1.54, 1.807) is 11.3 Å². The molecule has 0 aliphatic heterocycles. The van der Waals surface area contributed by atoms with Gasteiger partial charge < -0.3 is 5.32 Å². The largest absolute Gasteiger partial charge is 0.337 e. The quantitative estimate of drug-likeness (QED) is 0.480.